The number of benzene rings is 9. The lowest BCUT2D eigenvalue weighted by atomic mass is 10.0. The van der Waals surface area contributed by atoms with Crippen molar-refractivity contribution in [3.63, 3.8) is 0 Å². The first-order valence-electron chi connectivity index (χ1n) is 21.8. The highest BCUT2D eigenvalue weighted by atomic mass is 16.3. The van der Waals surface area contributed by atoms with Crippen LogP contribution in [-0.4, -0.2) is 4.57 Å². The van der Waals surface area contributed by atoms with Crippen LogP contribution in [0.3, 0.4) is 0 Å². The van der Waals surface area contributed by atoms with Gasteiger partial charge in [-0.2, -0.15) is 0 Å². The van der Waals surface area contributed by atoms with Crippen LogP contribution in [0.15, 0.2) is 235 Å². The zero-order chi connectivity index (χ0) is 43.0. The van der Waals surface area contributed by atoms with E-state index in [1.807, 2.05) is 18.2 Å². The number of fused-ring (bicyclic) bond motifs is 4. The van der Waals surface area contributed by atoms with Crippen LogP contribution in [0.4, 0.5) is 17.1 Å². The van der Waals surface area contributed by atoms with E-state index in [1.54, 1.807) is 0 Å². The third-order valence-electron chi connectivity index (χ3n) is 12.3. The minimum atomic E-state index is 0.903. The van der Waals surface area contributed by atoms with Crippen LogP contribution < -0.4 is 4.90 Å². The molecule has 2 aromatic heterocycles. The number of aromatic nitrogens is 1. The van der Waals surface area contributed by atoms with Gasteiger partial charge in [-0.1, -0.05) is 170 Å². The number of hydrogen-bond acceptors (Lipinski definition) is 2. The van der Waals surface area contributed by atoms with Gasteiger partial charge in [0.05, 0.1) is 11.2 Å². The molecule has 0 radical (unpaired) electrons. The Labute approximate surface area is 373 Å². The van der Waals surface area contributed by atoms with Crippen LogP contribution in [0.5, 0.6) is 0 Å². The molecule has 9 aromatic carbocycles. The Hall–Kier alpha value is -8.40. The zero-order valence-corrected chi connectivity index (χ0v) is 35.5. The fourth-order valence-corrected chi connectivity index (χ4v) is 9.21. The first-order chi connectivity index (χ1) is 31.6. The van der Waals surface area contributed by atoms with E-state index < -0.39 is 0 Å². The van der Waals surface area contributed by atoms with E-state index in [0.717, 1.165) is 89.1 Å². The molecule has 11 aromatic rings. The predicted octanol–water partition coefficient (Wildman–Crippen LogP) is 17.3. The van der Waals surface area contributed by atoms with Crippen molar-refractivity contribution in [2.45, 2.75) is 6.92 Å². The van der Waals surface area contributed by atoms with Crippen molar-refractivity contribution in [2.75, 3.05) is 4.90 Å². The molecule has 0 spiro atoms. The number of nitrogens with zero attached hydrogens (tertiary/aromatic N) is 2. The summed E-state index contributed by atoms with van der Waals surface area (Å²) in [7, 11) is 0. The summed E-state index contributed by atoms with van der Waals surface area (Å²) in [5.41, 5.74) is 18.7. The molecule has 0 fully saturated rings. The van der Waals surface area contributed by atoms with Gasteiger partial charge in [0.1, 0.15) is 11.2 Å². The van der Waals surface area contributed by atoms with Gasteiger partial charge in [0.25, 0.3) is 0 Å². The van der Waals surface area contributed by atoms with Gasteiger partial charge in [-0.3, -0.25) is 0 Å². The van der Waals surface area contributed by atoms with Gasteiger partial charge in [-0.05, 0) is 119 Å². The summed E-state index contributed by atoms with van der Waals surface area (Å²) >= 11 is 0. The van der Waals surface area contributed by atoms with Gasteiger partial charge >= 0.3 is 0 Å². The molecule has 2 heterocycles. The molecule has 64 heavy (non-hydrogen) atoms. The lowest BCUT2D eigenvalue weighted by Gasteiger charge is -2.26. The summed E-state index contributed by atoms with van der Waals surface area (Å²) in [4.78, 5) is 2.33. The number of anilines is 3. The summed E-state index contributed by atoms with van der Waals surface area (Å²) in [5.74, 6) is 0. The fraction of sp³-hybridized carbons (Fsp3) is 0.0164. The third-order valence-corrected chi connectivity index (χ3v) is 12.3. The molecule has 0 aliphatic heterocycles. The smallest absolute Gasteiger partial charge is 0.143 e. The van der Waals surface area contributed by atoms with Crippen LogP contribution in [0, 0.1) is 0 Å². The van der Waals surface area contributed by atoms with E-state index in [-0.39, 0.29) is 0 Å². The number of rotatable bonds is 10. The Morgan fingerprint density at radius 1 is 0.453 bits per heavy atom. The SMILES string of the molecule is C=Cc1c(/C=C\C)n(-c2ccc(-c3cccc4c3oc3ccccc34)cc2)c2ccc(-c3ccc(N(c4ccc(-c5ccccc5)cc4)c4ccc(-c5ccccc5)cc4)cc3)cc12. The molecule has 3 nitrogen and oxygen atoms in total. The summed E-state index contributed by atoms with van der Waals surface area (Å²) in [5, 5.41) is 3.42. The van der Waals surface area contributed by atoms with Gasteiger partial charge in [-0.25, -0.2) is 0 Å². The summed E-state index contributed by atoms with van der Waals surface area (Å²) in [6.07, 6.45) is 6.27. The van der Waals surface area contributed by atoms with Crippen LogP contribution in [0.25, 0.3) is 95.2 Å². The van der Waals surface area contributed by atoms with E-state index >= 15 is 0 Å². The van der Waals surface area contributed by atoms with Gasteiger partial charge in [-0.15, -0.1) is 0 Å². The van der Waals surface area contributed by atoms with Crippen molar-refractivity contribution in [3.05, 3.63) is 242 Å². The fourth-order valence-electron chi connectivity index (χ4n) is 9.21. The highest BCUT2D eigenvalue weighted by Gasteiger charge is 2.19. The number of allylic oxidation sites excluding steroid dienone is 1. The normalized spacial score (nSPS) is 11.5. The molecule has 0 saturated carbocycles. The molecule has 3 heteroatoms. The molecule has 0 unspecified atom stereocenters. The van der Waals surface area contributed by atoms with Gasteiger partial charge < -0.3 is 13.9 Å². The summed E-state index contributed by atoms with van der Waals surface area (Å²) in [6.45, 7) is 6.37. The van der Waals surface area contributed by atoms with Gasteiger partial charge in [0.2, 0.25) is 0 Å². The summed E-state index contributed by atoms with van der Waals surface area (Å²) < 4.78 is 8.74. The maximum atomic E-state index is 6.39. The second-order valence-electron chi connectivity index (χ2n) is 16.1. The van der Waals surface area contributed by atoms with Crippen LogP contribution >= 0.6 is 0 Å². The average Bonchev–Trinajstić information content (AvgIpc) is 3.90. The molecule has 0 atom stereocenters. The van der Waals surface area contributed by atoms with Crippen molar-refractivity contribution in [1.82, 2.24) is 4.57 Å². The van der Waals surface area contributed by atoms with E-state index in [9.17, 15) is 0 Å². The van der Waals surface area contributed by atoms with E-state index in [4.69, 9.17) is 4.42 Å². The molecule has 11 rings (SSSR count). The third kappa shape index (κ3) is 6.90. The number of hydrogen-bond donors (Lipinski definition) is 0. The van der Waals surface area contributed by atoms with E-state index in [2.05, 4.69) is 241 Å². The largest absolute Gasteiger partial charge is 0.455 e. The molecule has 0 aliphatic carbocycles. The first kappa shape index (κ1) is 38.5. The second kappa shape index (κ2) is 16.5. The Kier molecular flexibility index (Phi) is 9.91. The Morgan fingerprint density at radius 3 is 1.53 bits per heavy atom. The van der Waals surface area contributed by atoms with Crippen LogP contribution in [0.1, 0.15) is 18.2 Å². The van der Waals surface area contributed by atoms with Gasteiger partial charge in [0.15, 0.2) is 0 Å². The highest BCUT2D eigenvalue weighted by Crippen LogP contribution is 2.41. The van der Waals surface area contributed by atoms with Crippen LogP contribution in [0.2, 0.25) is 0 Å². The number of furan rings is 1. The quantitative estimate of drug-likeness (QED) is 0.137. The Bertz CT molecular complexity index is 3380. The van der Waals surface area contributed by atoms with Gasteiger partial charge in [0, 0.05) is 50.0 Å². The predicted molar refractivity (Wildman–Crippen MR) is 272 cm³/mol. The lowest BCUT2D eigenvalue weighted by molar-refractivity contribution is 0.670. The molecule has 304 valence electrons. The summed E-state index contributed by atoms with van der Waals surface area (Å²) in [6, 6.07) is 78.0. The molecule has 0 amide bonds. The molecule has 0 bridgehead atoms. The standard InChI is InChI=1S/C61H44N2O/c1-3-14-58-53(4-2)57-41-48(31-40-59(57)63(58)52-38-29-47(30-39-52)54-20-13-21-56-55-19-11-12-22-60(55)64-61(54)56)46-27-36-51(37-28-46)62(49-32-23-44(24-33-49)42-15-7-5-8-16-42)50-34-25-45(26-35-50)43-17-9-6-10-18-43/h3-41H,2H2,1H3/b14-3-. The molecular weight excluding hydrogens is 777 g/mol. The Morgan fingerprint density at radius 2 is 0.953 bits per heavy atom. The maximum absolute atomic E-state index is 6.39. The highest BCUT2D eigenvalue weighted by molar-refractivity contribution is 6.09. The topological polar surface area (TPSA) is 21.3 Å². The Balaban J connectivity index is 0.944. The van der Waals surface area contributed by atoms with E-state index in [0.29, 0.717) is 0 Å². The number of para-hydroxylation sites is 2. The van der Waals surface area contributed by atoms with Crippen molar-refractivity contribution in [1.29, 1.82) is 0 Å². The minimum Gasteiger partial charge on any atom is -0.455 e. The second-order valence-corrected chi connectivity index (χ2v) is 16.1. The maximum Gasteiger partial charge on any atom is 0.143 e. The van der Waals surface area contributed by atoms with Crippen molar-refractivity contribution in [3.8, 4) is 50.2 Å². The van der Waals surface area contributed by atoms with E-state index in [1.165, 1.54) is 22.3 Å². The monoisotopic (exact) mass is 820 g/mol. The van der Waals surface area contributed by atoms with Crippen LogP contribution in [-0.2, 0) is 0 Å². The average molecular weight is 821 g/mol. The van der Waals surface area contributed by atoms with Crippen molar-refractivity contribution in [2.24, 2.45) is 0 Å². The van der Waals surface area contributed by atoms with Crippen molar-refractivity contribution >= 4 is 62.1 Å². The molecular formula is C61H44N2O. The molecule has 0 N–H and O–H groups in total. The minimum absolute atomic E-state index is 0.903. The van der Waals surface area contributed by atoms with Crippen molar-refractivity contribution < 1.29 is 4.42 Å². The molecule has 0 aliphatic rings. The zero-order valence-electron chi connectivity index (χ0n) is 35.5. The lowest BCUT2D eigenvalue weighted by Crippen LogP contribution is -2.09. The first-order valence-corrected chi connectivity index (χ1v) is 21.8. The molecule has 0 saturated heterocycles.